The van der Waals surface area contributed by atoms with Crippen LogP contribution in [0.4, 0.5) is 0 Å². The molecule has 1 rings (SSSR count). The molecule has 0 bridgehead atoms. The Morgan fingerprint density at radius 3 is 2.00 bits per heavy atom. The zero-order chi connectivity index (χ0) is 13.3. The lowest BCUT2D eigenvalue weighted by atomic mass is 9.66. The van der Waals surface area contributed by atoms with Crippen LogP contribution in [0.1, 0.15) is 67.2 Å². The molecule has 0 aromatic carbocycles. The molecule has 1 aliphatic rings. The highest BCUT2D eigenvalue weighted by molar-refractivity contribution is 5.73. The summed E-state index contributed by atoms with van der Waals surface area (Å²) in [4.78, 5) is 12.2. The summed E-state index contributed by atoms with van der Waals surface area (Å²) < 4.78 is 5.56. The van der Waals surface area contributed by atoms with Crippen LogP contribution in [0.25, 0.3) is 0 Å². The summed E-state index contributed by atoms with van der Waals surface area (Å²) in [5.41, 5.74) is -0.168. The molecule has 0 amide bonds. The summed E-state index contributed by atoms with van der Waals surface area (Å²) in [7, 11) is 0. The minimum atomic E-state index is -0.364. The third kappa shape index (κ3) is 4.33. The minimum absolute atomic E-state index is 0.0112. The van der Waals surface area contributed by atoms with E-state index in [0.717, 1.165) is 19.3 Å². The Labute approximate surface area is 106 Å². The molecule has 2 heteroatoms. The first-order valence-electron chi connectivity index (χ1n) is 6.84. The van der Waals surface area contributed by atoms with Crippen molar-refractivity contribution in [3.05, 3.63) is 0 Å². The molecular formula is C15H28O2. The van der Waals surface area contributed by atoms with Gasteiger partial charge >= 0.3 is 5.97 Å². The van der Waals surface area contributed by atoms with Crippen molar-refractivity contribution in [1.29, 1.82) is 0 Å². The van der Waals surface area contributed by atoms with Crippen LogP contribution in [0.3, 0.4) is 0 Å². The zero-order valence-electron chi connectivity index (χ0n) is 12.3. The van der Waals surface area contributed by atoms with Crippen LogP contribution in [0, 0.1) is 17.3 Å². The largest absolute Gasteiger partial charge is 0.460 e. The van der Waals surface area contributed by atoms with Gasteiger partial charge < -0.3 is 4.74 Å². The van der Waals surface area contributed by atoms with Crippen molar-refractivity contribution < 1.29 is 9.53 Å². The van der Waals surface area contributed by atoms with Gasteiger partial charge in [0.05, 0.1) is 5.92 Å². The lowest BCUT2D eigenvalue weighted by Gasteiger charge is -2.40. The van der Waals surface area contributed by atoms with Crippen LogP contribution in [-0.2, 0) is 9.53 Å². The van der Waals surface area contributed by atoms with Crippen LogP contribution in [0.2, 0.25) is 0 Å². The molecule has 0 spiro atoms. The molecule has 2 atom stereocenters. The molecule has 1 fully saturated rings. The quantitative estimate of drug-likeness (QED) is 0.643. The van der Waals surface area contributed by atoms with Gasteiger partial charge in [0.2, 0.25) is 0 Å². The number of hydrogen-bond acceptors (Lipinski definition) is 2. The Hall–Kier alpha value is -0.530. The summed E-state index contributed by atoms with van der Waals surface area (Å²) in [6, 6.07) is 0. The predicted molar refractivity (Wildman–Crippen MR) is 70.7 cm³/mol. The monoisotopic (exact) mass is 240 g/mol. The Kier molecular flexibility index (Phi) is 4.27. The van der Waals surface area contributed by atoms with Gasteiger partial charge in [0, 0.05) is 0 Å². The number of carbonyl (C=O) groups is 1. The molecule has 0 aromatic heterocycles. The second-order valence-corrected chi connectivity index (χ2v) is 7.40. The summed E-state index contributed by atoms with van der Waals surface area (Å²) in [5.74, 6) is 0.575. The van der Waals surface area contributed by atoms with E-state index in [2.05, 4.69) is 20.8 Å². The molecule has 0 saturated heterocycles. The lowest BCUT2D eigenvalue weighted by molar-refractivity contribution is -0.165. The number of carbonyl (C=O) groups excluding carboxylic acids is 1. The fourth-order valence-corrected chi connectivity index (χ4v) is 2.83. The van der Waals surface area contributed by atoms with Gasteiger partial charge in [-0.3, -0.25) is 4.79 Å². The van der Waals surface area contributed by atoms with E-state index in [1.54, 1.807) is 0 Å². The van der Waals surface area contributed by atoms with E-state index in [1.807, 2.05) is 20.8 Å². The Morgan fingerprint density at radius 2 is 1.53 bits per heavy atom. The highest BCUT2D eigenvalue weighted by Gasteiger charge is 2.39. The smallest absolute Gasteiger partial charge is 0.309 e. The molecule has 2 unspecified atom stereocenters. The normalized spacial score (nSPS) is 26.7. The van der Waals surface area contributed by atoms with Gasteiger partial charge in [-0.15, -0.1) is 0 Å². The lowest BCUT2D eigenvalue weighted by Crippen LogP contribution is -2.39. The van der Waals surface area contributed by atoms with Gasteiger partial charge in [-0.05, 0) is 44.9 Å². The maximum absolute atomic E-state index is 12.2. The number of ether oxygens (including phenoxy) is 1. The average molecular weight is 240 g/mol. The zero-order valence-corrected chi connectivity index (χ0v) is 12.3. The molecule has 100 valence electrons. The van der Waals surface area contributed by atoms with Crippen molar-refractivity contribution in [3.8, 4) is 0 Å². The second-order valence-electron chi connectivity index (χ2n) is 7.40. The van der Waals surface area contributed by atoms with Crippen molar-refractivity contribution >= 4 is 5.97 Å². The van der Waals surface area contributed by atoms with Gasteiger partial charge in [0.1, 0.15) is 5.60 Å². The SMILES string of the molecule is CC(C)(C)OC(=O)C1CCCCC1C(C)(C)C. The first kappa shape index (κ1) is 14.5. The van der Waals surface area contributed by atoms with Crippen LogP contribution in [0.15, 0.2) is 0 Å². The topological polar surface area (TPSA) is 26.3 Å². The van der Waals surface area contributed by atoms with Crippen molar-refractivity contribution in [2.24, 2.45) is 17.3 Å². The molecular weight excluding hydrogens is 212 g/mol. The molecule has 0 aliphatic heterocycles. The van der Waals surface area contributed by atoms with E-state index in [4.69, 9.17) is 4.74 Å². The Balaban J connectivity index is 2.75. The molecule has 0 heterocycles. The maximum atomic E-state index is 12.2. The summed E-state index contributed by atoms with van der Waals surface area (Å²) in [5, 5.41) is 0. The fraction of sp³-hybridized carbons (Fsp3) is 0.933. The van der Waals surface area contributed by atoms with Crippen molar-refractivity contribution in [2.45, 2.75) is 72.8 Å². The highest BCUT2D eigenvalue weighted by Crippen LogP contribution is 2.42. The predicted octanol–water partition coefficient (Wildman–Crippen LogP) is 4.18. The molecule has 1 aliphatic carbocycles. The average Bonchev–Trinajstić information content (AvgIpc) is 2.13. The molecule has 0 N–H and O–H groups in total. The van der Waals surface area contributed by atoms with E-state index in [9.17, 15) is 4.79 Å². The first-order chi connectivity index (χ1) is 7.61. The van der Waals surface area contributed by atoms with E-state index in [0.29, 0.717) is 5.92 Å². The van der Waals surface area contributed by atoms with E-state index >= 15 is 0 Å². The van der Waals surface area contributed by atoms with E-state index in [-0.39, 0.29) is 22.9 Å². The van der Waals surface area contributed by atoms with Crippen LogP contribution in [0.5, 0.6) is 0 Å². The summed E-state index contributed by atoms with van der Waals surface area (Å²) in [6.45, 7) is 12.5. The number of rotatable bonds is 1. The van der Waals surface area contributed by atoms with Crippen LogP contribution >= 0.6 is 0 Å². The van der Waals surface area contributed by atoms with Gasteiger partial charge in [-0.25, -0.2) is 0 Å². The molecule has 1 saturated carbocycles. The molecule has 0 aromatic rings. The third-order valence-corrected chi connectivity index (χ3v) is 3.59. The molecule has 2 nitrogen and oxygen atoms in total. The van der Waals surface area contributed by atoms with Crippen LogP contribution < -0.4 is 0 Å². The highest BCUT2D eigenvalue weighted by atomic mass is 16.6. The van der Waals surface area contributed by atoms with Gasteiger partial charge in [-0.2, -0.15) is 0 Å². The molecule has 17 heavy (non-hydrogen) atoms. The van der Waals surface area contributed by atoms with Gasteiger partial charge in [-0.1, -0.05) is 33.6 Å². The van der Waals surface area contributed by atoms with Crippen LogP contribution in [-0.4, -0.2) is 11.6 Å². The van der Waals surface area contributed by atoms with Gasteiger partial charge in [0.15, 0.2) is 0 Å². The van der Waals surface area contributed by atoms with E-state index < -0.39 is 0 Å². The third-order valence-electron chi connectivity index (χ3n) is 3.59. The Bertz CT molecular complexity index is 268. The standard InChI is InChI=1S/C15H28O2/c1-14(2,3)12-10-8-7-9-11(12)13(16)17-15(4,5)6/h11-12H,7-10H2,1-6H3. The second kappa shape index (κ2) is 4.99. The minimum Gasteiger partial charge on any atom is -0.460 e. The Morgan fingerprint density at radius 1 is 1.00 bits per heavy atom. The van der Waals surface area contributed by atoms with E-state index in [1.165, 1.54) is 6.42 Å². The number of hydrogen-bond donors (Lipinski definition) is 0. The summed E-state index contributed by atoms with van der Waals surface area (Å²) in [6.07, 6.45) is 4.57. The first-order valence-corrected chi connectivity index (χ1v) is 6.84. The molecule has 0 radical (unpaired) electrons. The fourth-order valence-electron chi connectivity index (χ4n) is 2.83. The van der Waals surface area contributed by atoms with Crippen molar-refractivity contribution in [3.63, 3.8) is 0 Å². The number of esters is 1. The van der Waals surface area contributed by atoms with Gasteiger partial charge in [0.25, 0.3) is 0 Å². The van der Waals surface area contributed by atoms with Crippen molar-refractivity contribution in [1.82, 2.24) is 0 Å². The van der Waals surface area contributed by atoms with Crippen molar-refractivity contribution in [2.75, 3.05) is 0 Å². The maximum Gasteiger partial charge on any atom is 0.309 e. The summed E-state index contributed by atoms with van der Waals surface area (Å²) >= 11 is 0.